The van der Waals surface area contributed by atoms with Crippen LogP contribution in [0.15, 0.2) is 12.1 Å². The molecule has 1 rings (SSSR count). The molecule has 98 valence electrons. The number of aryl methyl sites for hydroxylation is 3. The Morgan fingerprint density at radius 2 is 1.72 bits per heavy atom. The average Bonchev–Trinajstić information content (AvgIpc) is 2.19. The summed E-state index contributed by atoms with van der Waals surface area (Å²) in [6, 6.07) is 4.87. The normalized spacial score (nSPS) is 12.9. The SMILES string of the molecule is Cc1cc(C)c(OCC(C#N)C(F)(F)F)c(C)c1. The van der Waals surface area contributed by atoms with Crippen LogP contribution in [-0.2, 0) is 0 Å². The van der Waals surface area contributed by atoms with Gasteiger partial charge in [0.1, 0.15) is 12.4 Å². The van der Waals surface area contributed by atoms with Gasteiger partial charge in [0.15, 0.2) is 5.92 Å². The predicted molar refractivity (Wildman–Crippen MR) is 61.3 cm³/mol. The highest BCUT2D eigenvalue weighted by atomic mass is 19.4. The molecule has 0 saturated carbocycles. The number of benzene rings is 1. The number of ether oxygens (including phenoxy) is 1. The van der Waals surface area contributed by atoms with E-state index in [0.717, 1.165) is 16.7 Å². The third-order valence-corrected chi connectivity index (χ3v) is 2.55. The molecule has 1 unspecified atom stereocenters. The van der Waals surface area contributed by atoms with Crippen LogP contribution in [0, 0.1) is 38.0 Å². The summed E-state index contributed by atoms with van der Waals surface area (Å²) in [6.07, 6.45) is -4.55. The lowest BCUT2D eigenvalue weighted by atomic mass is 10.1. The molecule has 1 atom stereocenters. The fraction of sp³-hybridized carbons (Fsp3) is 0.462. The summed E-state index contributed by atoms with van der Waals surface area (Å²) in [6.45, 7) is 4.76. The van der Waals surface area contributed by atoms with E-state index in [1.54, 1.807) is 13.8 Å². The highest BCUT2D eigenvalue weighted by molar-refractivity contribution is 5.42. The Kier molecular flexibility index (Phi) is 4.23. The van der Waals surface area contributed by atoms with Crippen LogP contribution in [0.25, 0.3) is 0 Å². The van der Waals surface area contributed by atoms with E-state index in [-0.39, 0.29) is 0 Å². The van der Waals surface area contributed by atoms with Crippen molar-refractivity contribution in [2.45, 2.75) is 26.9 Å². The first-order chi connectivity index (χ1) is 8.25. The first-order valence-corrected chi connectivity index (χ1v) is 5.42. The summed E-state index contributed by atoms with van der Waals surface area (Å²) in [5.41, 5.74) is 2.56. The lowest BCUT2D eigenvalue weighted by Crippen LogP contribution is -2.27. The molecule has 0 aromatic heterocycles. The largest absolute Gasteiger partial charge is 0.491 e. The van der Waals surface area contributed by atoms with Crippen LogP contribution in [0.5, 0.6) is 5.75 Å². The van der Waals surface area contributed by atoms with Crippen LogP contribution in [0.1, 0.15) is 16.7 Å². The molecule has 0 amide bonds. The zero-order valence-electron chi connectivity index (χ0n) is 10.4. The maximum absolute atomic E-state index is 12.4. The molecule has 0 fully saturated rings. The lowest BCUT2D eigenvalue weighted by molar-refractivity contribution is -0.165. The van der Waals surface area contributed by atoms with Crippen molar-refractivity contribution in [1.29, 1.82) is 5.26 Å². The van der Waals surface area contributed by atoms with Crippen LogP contribution in [-0.4, -0.2) is 12.8 Å². The number of hydrogen-bond acceptors (Lipinski definition) is 2. The standard InChI is InChI=1S/C13H14F3NO/c1-8-4-9(2)12(10(3)5-8)18-7-11(6-17)13(14,15)16/h4-5,11H,7H2,1-3H3. The van der Waals surface area contributed by atoms with Gasteiger partial charge in [-0.3, -0.25) is 0 Å². The van der Waals surface area contributed by atoms with E-state index in [4.69, 9.17) is 10.00 Å². The molecule has 0 spiro atoms. The number of nitriles is 1. The van der Waals surface area contributed by atoms with Gasteiger partial charge in [0, 0.05) is 0 Å². The van der Waals surface area contributed by atoms with Crippen LogP contribution in [0.4, 0.5) is 13.2 Å². The number of alkyl halides is 3. The summed E-state index contributed by atoms with van der Waals surface area (Å²) in [5, 5.41) is 8.47. The maximum atomic E-state index is 12.4. The molecular formula is C13H14F3NO. The predicted octanol–water partition coefficient (Wildman–Crippen LogP) is 3.69. The third kappa shape index (κ3) is 3.39. The molecule has 0 heterocycles. The third-order valence-electron chi connectivity index (χ3n) is 2.55. The van der Waals surface area contributed by atoms with Crippen molar-refractivity contribution in [2.24, 2.45) is 5.92 Å². The molecule has 5 heteroatoms. The molecule has 2 nitrogen and oxygen atoms in total. The van der Waals surface area contributed by atoms with Gasteiger partial charge in [-0.1, -0.05) is 17.7 Å². The van der Waals surface area contributed by atoms with Gasteiger partial charge in [-0.25, -0.2) is 0 Å². The van der Waals surface area contributed by atoms with E-state index in [9.17, 15) is 13.2 Å². The van der Waals surface area contributed by atoms with Crippen LogP contribution >= 0.6 is 0 Å². The average molecular weight is 257 g/mol. The summed E-state index contributed by atoms with van der Waals surface area (Å²) in [7, 11) is 0. The first kappa shape index (κ1) is 14.4. The second kappa shape index (κ2) is 5.30. The Labute approximate surface area is 104 Å². The minimum atomic E-state index is -4.55. The molecule has 0 aliphatic rings. The van der Waals surface area contributed by atoms with Crippen LogP contribution < -0.4 is 4.74 Å². The van der Waals surface area contributed by atoms with E-state index in [1.165, 1.54) is 6.07 Å². The van der Waals surface area contributed by atoms with Crippen molar-refractivity contribution in [3.8, 4) is 11.8 Å². The highest BCUT2D eigenvalue weighted by Crippen LogP contribution is 2.29. The summed E-state index contributed by atoms with van der Waals surface area (Å²) in [5.74, 6) is -1.68. The number of halogens is 3. The smallest absolute Gasteiger partial charge is 0.407 e. The Morgan fingerprint density at radius 1 is 1.22 bits per heavy atom. The van der Waals surface area contributed by atoms with Crippen LogP contribution in [0.3, 0.4) is 0 Å². The number of rotatable bonds is 3. The van der Waals surface area contributed by atoms with Gasteiger partial charge >= 0.3 is 6.18 Å². The van der Waals surface area contributed by atoms with E-state index in [0.29, 0.717) is 5.75 Å². The van der Waals surface area contributed by atoms with Crippen molar-refractivity contribution in [2.75, 3.05) is 6.61 Å². The first-order valence-electron chi connectivity index (χ1n) is 5.42. The zero-order valence-corrected chi connectivity index (χ0v) is 10.4. The Bertz CT molecular complexity index is 451. The van der Waals surface area contributed by atoms with Crippen molar-refractivity contribution < 1.29 is 17.9 Å². The summed E-state index contributed by atoms with van der Waals surface area (Å²) < 4.78 is 42.3. The Hall–Kier alpha value is -1.70. The lowest BCUT2D eigenvalue weighted by Gasteiger charge is -2.17. The fourth-order valence-electron chi connectivity index (χ4n) is 1.77. The fourth-order valence-corrected chi connectivity index (χ4v) is 1.77. The van der Waals surface area contributed by atoms with Gasteiger partial charge in [0.2, 0.25) is 0 Å². The van der Waals surface area contributed by atoms with Gasteiger partial charge in [0.05, 0.1) is 6.07 Å². The molecule has 0 aliphatic heterocycles. The molecule has 1 aromatic rings. The molecule has 0 bridgehead atoms. The Morgan fingerprint density at radius 3 is 2.11 bits per heavy atom. The topological polar surface area (TPSA) is 33.0 Å². The second-order valence-electron chi connectivity index (χ2n) is 4.26. The zero-order chi connectivity index (χ0) is 13.9. The molecule has 18 heavy (non-hydrogen) atoms. The molecule has 0 aliphatic carbocycles. The number of nitrogens with zero attached hydrogens (tertiary/aromatic N) is 1. The Balaban J connectivity index is 2.85. The minimum Gasteiger partial charge on any atom is -0.491 e. The highest BCUT2D eigenvalue weighted by Gasteiger charge is 2.40. The van der Waals surface area contributed by atoms with Crippen molar-refractivity contribution in [1.82, 2.24) is 0 Å². The number of hydrogen-bond donors (Lipinski definition) is 0. The van der Waals surface area contributed by atoms with Gasteiger partial charge in [-0.15, -0.1) is 0 Å². The quantitative estimate of drug-likeness (QED) is 0.827. The molecular weight excluding hydrogens is 243 g/mol. The minimum absolute atomic E-state index is 0.421. The van der Waals surface area contributed by atoms with Gasteiger partial charge in [0.25, 0.3) is 0 Å². The van der Waals surface area contributed by atoms with E-state index >= 15 is 0 Å². The second-order valence-corrected chi connectivity index (χ2v) is 4.26. The van der Waals surface area contributed by atoms with Gasteiger partial charge in [-0.05, 0) is 31.9 Å². The summed E-state index contributed by atoms with van der Waals surface area (Å²) >= 11 is 0. The van der Waals surface area contributed by atoms with Gasteiger partial charge in [-0.2, -0.15) is 18.4 Å². The monoisotopic (exact) mass is 257 g/mol. The molecule has 0 N–H and O–H groups in total. The van der Waals surface area contributed by atoms with Crippen molar-refractivity contribution >= 4 is 0 Å². The van der Waals surface area contributed by atoms with E-state index in [1.807, 2.05) is 19.1 Å². The molecule has 0 radical (unpaired) electrons. The molecule has 1 aromatic carbocycles. The van der Waals surface area contributed by atoms with Crippen molar-refractivity contribution in [3.63, 3.8) is 0 Å². The molecule has 0 saturated heterocycles. The maximum Gasteiger partial charge on any atom is 0.407 e. The van der Waals surface area contributed by atoms with E-state index in [2.05, 4.69) is 0 Å². The summed E-state index contributed by atoms with van der Waals surface area (Å²) in [4.78, 5) is 0. The van der Waals surface area contributed by atoms with Crippen LogP contribution in [0.2, 0.25) is 0 Å². The van der Waals surface area contributed by atoms with Crippen molar-refractivity contribution in [3.05, 3.63) is 28.8 Å². The van der Waals surface area contributed by atoms with E-state index < -0.39 is 18.7 Å². The van der Waals surface area contributed by atoms with Gasteiger partial charge < -0.3 is 4.74 Å².